The molecule has 0 spiro atoms. The molecule has 0 aliphatic carbocycles. The van der Waals surface area contributed by atoms with Crippen molar-refractivity contribution in [2.75, 3.05) is 20.6 Å². The first-order valence-corrected chi connectivity index (χ1v) is 5.06. The quantitative estimate of drug-likeness (QED) is 0.780. The first kappa shape index (κ1) is 10.2. The highest BCUT2D eigenvalue weighted by molar-refractivity contribution is 7.07. The highest BCUT2D eigenvalue weighted by atomic mass is 32.1. The van der Waals surface area contributed by atoms with Gasteiger partial charge in [-0.1, -0.05) is 0 Å². The van der Waals surface area contributed by atoms with E-state index in [4.69, 9.17) is 0 Å². The molecular weight excluding hydrogens is 184 g/mol. The minimum atomic E-state index is 0.107. The van der Waals surface area contributed by atoms with Gasteiger partial charge in [0.2, 0.25) is 5.91 Å². The van der Waals surface area contributed by atoms with Crippen molar-refractivity contribution in [2.45, 2.75) is 6.54 Å². The Hall–Kier alpha value is -0.870. The standard InChI is InChI=1S/C9H14N2OS/c1-11(2)9(12)6-10-5-8-3-4-13-7-8/h3-4,7,10H,5-6H2,1-2H3. The molecule has 0 bridgehead atoms. The maximum atomic E-state index is 11.1. The van der Waals surface area contributed by atoms with Gasteiger partial charge in [-0.25, -0.2) is 0 Å². The third-order valence-electron chi connectivity index (χ3n) is 1.68. The lowest BCUT2D eigenvalue weighted by Crippen LogP contribution is -2.32. The lowest BCUT2D eigenvalue weighted by molar-refractivity contribution is -0.127. The first-order valence-electron chi connectivity index (χ1n) is 4.12. The van der Waals surface area contributed by atoms with Crippen molar-refractivity contribution in [3.63, 3.8) is 0 Å². The van der Waals surface area contributed by atoms with Crippen LogP contribution >= 0.6 is 11.3 Å². The van der Waals surface area contributed by atoms with Gasteiger partial charge in [0.05, 0.1) is 6.54 Å². The van der Waals surface area contributed by atoms with Gasteiger partial charge in [0.25, 0.3) is 0 Å². The molecule has 3 nitrogen and oxygen atoms in total. The average Bonchev–Trinajstić information content (AvgIpc) is 2.56. The van der Waals surface area contributed by atoms with Crippen LogP contribution in [0.3, 0.4) is 0 Å². The van der Waals surface area contributed by atoms with Crippen molar-refractivity contribution in [1.29, 1.82) is 0 Å². The lowest BCUT2D eigenvalue weighted by Gasteiger charge is -2.10. The molecule has 1 rings (SSSR count). The fourth-order valence-corrected chi connectivity index (χ4v) is 1.53. The van der Waals surface area contributed by atoms with E-state index in [0.717, 1.165) is 6.54 Å². The number of hydrogen-bond acceptors (Lipinski definition) is 3. The van der Waals surface area contributed by atoms with Crippen LogP contribution in [0.1, 0.15) is 5.56 Å². The summed E-state index contributed by atoms with van der Waals surface area (Å²) < 4.78 is 0. The van der Waals surface area contributed by atoms with Gasteiger partial charge in [0, 0.05) is 20.6 Å². The summed E-state index contributed by atoms with van der Waals surface area (Å²) in [5, 5.41) is 7.19. The molecule has 1 heterocycles. The fraction of sp³-hybridized carbons (Fsp3) is 0.444. The molecule has 0 aliphatic rings. The molecule has 13 heavy (non-hydrogen) atoms. The van der Waals surface area contributed by atoms with E-state index >= 15 is 0 Å². The van der Waals surface area contributed by atoms with E-state index in [-0.39, 0.29) is 5.91 Å². The van der Waals surface area contributed by atoms with Gasteiger partial charge < -0.3 is 10.2 Å². The number of nitrogens with zero attached hydrogens (tertiary/aromatic N) is 1. The molecule has 0 aromatic carbocycles. The zero-order chi connectivity index (χ0) is 9.68. The Labute approximate surface area is 82.4 Å². The largest absolute Gasteiger partial charge is 0.348 e. The molecule has 0 saturated carbocycles. The van der Waals surface area contributed by atoms with Crippen LogP contribution < -0.4 is 5.32 Å². The van der Waals surface area contributed by atoms with Gasteiger partial charge in [-0.05, 0) is 22.4 Å². The molecule has 72 valence electrons. The van der Waals surface area contributed by atoms with Crippen LogP contribution in [-0.4, -0.2) is 31.4 Å². The van der Waals surface area contributed by atoms with Crippen molar-refractivity contribution in [1.82, 2.24) is 10.2 Å². The minimum absolute atomic E-state index is 0.107. The third kappa shape index (κ3) is 3.57. The topological polar surface area (TPSA) is 32.3 Å². The van der Waals surface area contributed by atoms with E-state index in [1.54, 1.807) is 30.3 Å². The molecule has 1 aromatic rings. The van der Waals surface area contributed by atoms with Crippen LogP contribution in [0.2, 0.25) is 0 Å². The van der Waals surface area contributed by atoms with E-state index < -0.39 is 0 Å². The zero-order valence-corrected chi connectivity index (χ0v) is 8.73. The highest BCUT2D eigenvalue weighted by Crippen LogP contribution is 2.04. The van der Waals surface area contributed by atoms with Crippen molar-refractivity contribution in [3.8, 4) is 0 Å². The second-order valence-electron chi connectivity index (χ2n) is 3.02. The summed E-state index contributed by atoms with van der Waals surface area (Å²) >= 11 is 1.67. The van der Waals surface area contributed by atoms with Crippen LogP contribution in [0.25, 0.3) is 0 Å². The maximum absolute atomic E-state index is 11.1. The Kier molecular flexibility index (Phi) is 3.92. The Bertz CT molecular complexity index is 257. The Morgan fingerprint density at radius 2 is 2.38 bits per heavy atom. The molecule has 0 saturated heterocycles. The van der Waals surface area contributed by atoms with Crippen LogP contribution in [0.15, 0.2) is 16.8 Å². The number of likely N-dealkylation sites (N-methyl/N-ethyl adjacent to an activating group) is 1. The molecule has 1 N–H and O–H groups in total. The summed E-state index contributed by atoms with van der Waals surface area (Å²) in [4.78, 5) is 12.7. The second kappa shape index (κ2) is 4.99. The molecule has 4 heteroatoms. The molecule has 0 aliphatic heterocycles. The Morgan fingerprint density at radius 1 is 1.62 bits per heavy atom. The van der Waals surface area contributed by atoms with E-state index in [9.17, 15) is 4.79 Å². The summed E-state index contributed by atoms with van der Waals surface area (Å²) in [5.41, 5.74) is 1.23. The van der Waals surface area contributed by atoms with Crippen LogP contribution in [0.4, 0.5) is 0 Å². The summed E-state index contributed by atoms with van der Waals surface area (Å²) in [6.45, 7) is 1.17. The van der Waals surface area contributed by atoms with Gasteiger partial charge in [-0.15, -0.1) is 0 Å². The number of thiophene rings is 1. The smallest absolute Gasteiger partial charge is 0.236 e. The van der Waals surface area contributed by atoms with Crippen molar-refractivity contribution in [3.05, 3.63) is 22.4 Å². The van der Waals surface area contributed by atoms with Gasteiger partial charge in [-0.3, -0.25) is 4.79 Å². The van der Waals surface area contributed by atoms with E-state index in [0.29, 0.717) is 6.54 Å². The molecule has 1 aromatic heterocycles. The summed E-state index contributed by atoms with van der Waals surface area (Å²) in [7, 11) is 3.52. The molecule has 0 atom stereocenters. The predicted octanol–water partition coefficient (Wildman–Crippen LogP) is 0.926. The van der Waals surface area contributed by atoms with Crippen LogP contribution in [0.5, 0.6) is 0 Å². The summed E-state index contributed by atoms with van der Waals surface area (Å²) in [5.74, 6) is 0.107. The molecule has 0 unspecified atom stereocenters. The van der Waals surface area contributed by atoms with Crippen LogP contribution in [-0.2, 0) is 11.3 Å². The highest BCUT2D eigenvalue weighted by Gasteiger charge is 2.02. The molecule has 0 radical (unpaired) electrons. The number of nitrogens with one attached hydrogen (secondary N) is 1. The third-order valence-corrected chi connectivity index (χ3v) is 2.42. The second-order valence-corrected chi connectivity index (χ2v) is 3.80. The first-order chi connectivity index (χ1) is 6.20. The average molecular weight is 198 g/mol. The number of hydrogen-bond donors (Lipinski definition) is 1. The Balaban J connectivity index is 2.18. The fourth-order valence-electron chi connectivity index (χ4n) is 0.865. The molecule has 1 amide bonds. The normalized spacial score (nSPS) is 10.0. The van der Waals surface area contributed by atoms with Crippen molar-refractivity contribution >= 4 is 17.2 Å². The molecular formula is C9H14N2OS. The summed E-state index contributed by atoms with van der Waals surface area (Å²) in [6, 6.07) is 2.05. The summed E-state index contributed by atoms with van der Waals surface area (Å²) in [6.07, 6.45) is 0. The van der Waals surface area contributed by atoms with Crippen LogP contribution in [0, 0.1) is 0 Å². The molecule has 0 fully saturated rings. The number of carbonyl (C=O) groups is 1. The van der Waals surface area contributed by atoms with E-state index in [1.807, 2.05) is 5.38 Å². The number of amides is 1. The van der Waals surface area contributed by atoms with Gasteiger partial charge in [0.15, 0.2) is 0 Å². The Morgan fingerprint density at radius 3 is 2.92 bits per heavy atom. The van der Waals surface area contributed by atoms with Crippen molar-refractivity contribution < 1.29 is 4.79 Å². The minimum Gasteiger partial charge on any atom is -0.348 e. The zero-order valence-electron chi connectivity index (χ0n) is 7.91. The van der Waals surface area contributed by atoms with E-state index in [2.05, 4.69) is 16.8 Å². The maximum Gasteiger partial charge on any atom is 0.236 e. The van der Waals surface area contributed by atoms with Gasteiger partial charge in [0.1, 0.15) is 0 Å². The van der Waals surface area contributed by atoms with Crippen molar-refractivity contribution in [2.24, 2.45) is 0 Å². The predicted molar refractivity (Wildman–Crippen MR) is 54.7 cm³/mol. The van der Waals surface area contributed by atoms with E-state index in [1.165, 1.54) is 5.56 Å². The lowest BCUT2D eigenvalue weighted by atomic mass is 10.3. The van der Waals surface area contributed by atoms with Gasteiger partial charge in [-0.2, -0.15) is 11.3 Å². The number of carbonyl (C=O) groups excluding carboxylic acids is 1. The van der Waals surface area contributed by atoms with Gasteiger partial charge >= 0.3 is 0 Å². The monoisotopic (exact) mass is 198 g/mol. The SMILES string of the molecule is CN(C)C(=O)CNCc1ccsc1. The number of rotatable bonds is 4.